The first-order valence-electron chi connectivity index (χ1n) is 7.93. The van der Waals surface area contributed by atoms with E-state index in [0.717, 1.165) is 27.8 Å². The first-order valence-corrected chi connectivity index (χ1v) is 8.73. The van der Waals surface area contributed by atoms with Crippen molar-refractivity contribution in [1.29, 1.82) is 0 Å². The standard InChI is InChI=1S/C21H21BrF2O/c1-13(2)19(21(3,4)25)20(22)18(14-5-9-16(23)10-6-14)15-7-11-17(24)12-8-15/h5-12,25H,1-4H3. The van der Waals surface area contributed by atoms with Gasteiger partial charge in [-0.2, -0.15) is 0 Å². The second-order valence-electron chi connectivity index (χ2n) is 6.64. The fourth-order valence-electron chi connectivity index (χ4n) is 2.88. The molecule has 25 heavy (non-hydrogen) atoms. The van der Waals surface area contributed by atoms with Gasteiger partial charge in [-0.1, -0.05) is 29.8 Å². The molecular weight excluding hydrogens is 386 g/mol. The minimum Gasteiger partial charge on any atom is -0.386 e. The molecule has 4 heteroatoms. The summed E-state index contributed by atoms with van der Waals surface area (Å²) in [6.07, 6.45) is 0. The first-order chi connectivity index (χ1) is 11.6. The Kier molecular flexibility index (Phi) is 5.96. The first kappa shape index (κ1) is 19.5. The molecule has 0 aliphatic carbocycles. The van der Waals surface area contributed by atoms with E-state index in [-0.39, 0.29) is 11.6 Å². The molecule has 2 rings (SSSR count). The summed E-state index contributed by atoms with van der Waals surface area (Å²) in [5.74, 6) is -0.661. The fourth-order valence-corrected chi connectivity index (χ4v) is 4.22. The van der Waals surface area contributed by atoms with Crippen molar-refractivity contribution in [3.63, 3.8) is 0 Å². The van der Waals surface area contributed by atoms with Crippen LogP contribution in [0.25, 0.3) is 5.57 Å². The molecule has 0 atom stereocenters. The van der Waals surface area contributed by atoms with Gasteiger partial charge >= 0.3 is 0 Å². The maximum absolute atomic E-state index is 13.4. The number of rotatable bonds is 4. The third kappa shape index (κ3) is 4.65. The third-order valence-corrected chi connectivity index (χ3v) is 4.61. The van der Waals surface area contributed by atoms with Gasteiger partial charge in [0.25, 0.3) is 0 Å². The molecule has 132 valence electrons. The molecule has 0 heterocycles. The third-order valence-electron chi connectivity index (χ3n) is 3.82. The van der Waals surface area contributed by atoms with Crippen LogP contribution in [0.15, 0.2) is 64.2 Å². The van der Waals surface area contributed by atoms with Gasteiger partial charge in [0.05, 0.1) is 5.60 Å². The molecule has 0 amide bonds. The Hall–Kier alpha value is -1.78. The van der Waals surface area contributed by atoms with E-state index in [2.05, 4.69) is 15.9 Å². The van der Waals surface area contributed by atoms with Crippen molar-refractivity contribution in [2.45, 2.75) is 33.3 Å². The average Bonchev–Trinajstić information content (AvgIpc) is 2.49. The van der Waals surface area contributed by atoms with Gasteiger partial charge in [0, 0.05) is 10.1 Å². The monoisotopic (exact) mass is 406 g/mol. The van der Waals surface area contributed by atoms with Crippen LogP contribution in [-0.4, -0.2) is 10.7 Å². The van der Waals surface area contributed by atoms with Crippen LogP contribution in [-0.2, 0) is 0 Å². The van der Waals surface area contributed by atoms with Crippen LogP contribution in [0.4, 0.5) is 8.78 Å². The molecule has 0 fully saturated rings. The van der Waals surface area contributed by atoms with Gasteiger partial charge in [-0.3, -0.25) is 0 Å². The van der Waals surface area contributed by atoms with Crippen molar-refractivity contribution < 1.29 is 13.9 Å². The highest BCUT2D eigenvalue weighted by Gasteiger charge is 2.26. The van der Waals surface area contributed by atoms with Crippen molar-refractivity contribution in [3.8, 4) is 0 Å². The predicted octanol–water partition coefficient (Wildman–Crippen LogP) is 6.23. The SMILES string of the molecule is CC(C)=C(C(Br)=C(c1ccc(F)cc1)c1ccc(F)cc1)C(C)(C)O. The van der Waals surface area contributed by atoms with E-state index in [4.69, 9.17) is 0 Å². The lowest BCUT2D eigenvalue weighted by atomic mass is 9.88. The predicted molar refractivity (Wildman–Crippen MR) is 102 cm³/mol. The van der Waals surface area contributed by atoms with E-state index in [9.17, 15) is 13.9 Å². The van der Waals surface area contributed by atoms with E-state index in [1.54, 1.807) is 38.1 Å². The fraction of sp³-hybridized carbons (Fsp3) is 0.238. The summed E-state index contributed by atoms with van der Waals surface area (Å²) >= 11 is 3.63. The zero-order valence-corrected chi connectivity index (χ0v) is 16.3. The van der Waals surface area contributed by atoms with Crippen molar-refractivity contribution in [2.75, 3.05) is 0 Å². The second-order valence-corrected chi connectivity index (χ2v) is 7.43. The van der Waals surface area contributed by atoms with Crippen LogP contribution in [0.1, 0.15) is 38.8 Å². The molecule has 0 unspecified atom stereocenters. The Morgan fingerprint density at radius 2 is 1.20 bits per heavy atom. The second kappa shape index (κ2) is 7.63. The molecule has 2 aromatic rings. The molecule has 0 radical (unpaired) electrons. The van der Waals surface area contributed by atoms with Crippen LogP contribution in [0.5, 0.6) is 0 Å². The molecular formula is C21H21BrF2O. The number of allylic oxidation sites excluding steroid dienone is 1. The van der Waals surface area contributed by atoms with E-state index in [1.165, 1.54) is 24.3 Å². The van der Waals surface area contributed by atoms with E-state index in [1.807, 2.05) is 13.8 Å². The largest absolute Gasteiger partial charge is 0.386 e. The number of aliphatic hydroxyl groups is 1. The molecule has 2 aromatic carbocycles. The van der Waals surface area contributed by atoms with Gasteiger partial charge in [0.2, 0.25) is 0 Å². The van der Waals surface area contributed by atoms with E-state index < -0.39 is 5.60 Å². The van der Waals surface area contributed by atoms with E-state index in [0.29, 0.717) is 4.48 Å². The summed E-state index contributed by atoms with van der Waals surface area (Å²) in [5.41, 5.74) is 2.89. The lowest BCUT2D eigenvalue weighted by molar-refractivity contribution is 0.122. The van der Waals surface area contributed by atoms with Crippen molar-refractivity contribution >= 4 is 21.5 Å². The summed E-state index contributed by atoms with van der Waals surface area (Å²) in [7, 11) is 0. The molecule has 0 bridgehead atoms. The topological polar surface area (TPSA) is 20.2 Å². The van der Waals surface area contributed by atoms with Crippen LogP contribution in [0.2, 0.25) is 0 Å². The van der Waals surface area contributed by atoms with Crippen LogP contribution >= 0.6 is 15.9 Å². The summed E-state index contributed by atoms with van der Waals surface area (Å²) in [6.45, 7) is 7.26. The zero-order valence-electron chi connectivity index (χ0n) is 14.7. The number of benzene rings is 2. The molecule has 0 aromatic heterocycles. The van der Waals surface area contributed by atoms with Crippen LogP contribution in [0.3, 0.4) is 0 Å². The molecule has 0 aliphatic rings. The maximum Gasteiger partial charge on any atom is 0.123 e. The summed E-state index contributed by atoms with van der Waals surface area (Å²) in [5, 5.41) is 10.6. The minimum absolute atomic E-state index is 0.330. The molecule has 1 nitrogen and oxygen atoms in total. The van der Waals surface area contributed by atoms with Gasteiger partial charge in [0.1, 0.15) is 11.6 Å². The van der Waals surface area contributed by atoms with Gasteiger partial charge in [-0.05, 0) is 84.6 Å². The average molecular weight is 407 g/mol. The Morgan fingerprint density at radius 3 is 1.48 bits per heavy atom. The highest BCUT2D eigenvalue weighted by molar-refractivity contribution is 9.12. The van der Waals surface area contributed by atoms with Gasteiger partial charge in [-0.15, -0.1) is 0 Å². The Bertz CT molecular complexity index is 759. The molecule has 0 saturated heterocycles. The molecule has 0 aliphatic heterocycles. The normalized spacial score (nSPS) is 11.2. The van der Waals surface area contributed by atoms with Gasteiger partial charge in [-0.25, -0.2) is 8.78 Å². The van der Waals surface area contributed by atoms with Crippen molar-refractivity contribution in [1.82, 2.24) is 0 Å². The van der Waals surface area contributed by atoms with Crippen molar-refractivity contribution in [3.05, 3.63) is 86.9 Å². The summed E-state index contributed by atoms with van der Waals surface area (Å²) < 4.78 is 27.4. The Labute approximate surface area is 155 Å². The molecule has 1 N–H and O–H groups in total. The molecule has 0 spiro atoms. The Balaban J connectivity index is 2.80. The highest BCUT2D eigenvalue weighted by atomic mass is 79.9. The zero-order chi connectivity index (χ0) is 18.8. The molecule has 0 saturated carbocycles. The quantitative estimate of drug-likeness (QED) is 0.596. The maximum atomic E-state index is 13.4. The number of hydrogen-bond acceptors (Lipinski definition) is 1. The lowest BCUT2D eigenvalue weighted by Crippen LogP contribution is -2.23. The van der Waals surface area contributed by atoms with E-state index >= 15 is 0 Å². The van der Waals surface area contributed by atoms with Crippen LogP contribution in [0, 0.1) is 11.6 Å². The lowest BCUT2D eigenvalue weighted by Gasteiger charge is -2.26. The van der Waals surface area contributed by atoms with Crippen molar-refractivity contribution in [2.24, 2.45) is 0 Å². The minimum atomic E-state index is -1.08. The highest BCUT2D eigenvalue weighted by Crippen LogP contribution is 2.39. The van der Waals surface area contributed by atoms with Gasteiger partial charge < -0.3 is 5.11 Å². The number of halogens is 3. The summed E-state index contributed by atoms with van der Waals surface area (Å²) in [6, 6.07) is 12.2. The summed E-state index contributed by atoms with van der Waals surface area (Å²) in [4.78, 5) is 0. The number of hydrogen-bond donors (Lipinski definition) is 1. The Morgan fingerprint density at radius 1 is 0.840 bits per heavy atom. The van der Waals surface area contributed by atoms with Crippen LogP contribution < -0.4 is 0 Å². The smallest absolute Gasteiger partial charge is 0.123 e. The van der Waals surface area contributed by atoms with Gasteiger partial charge in [0.15, 0.2) is 0 Å².